The molecule has 3 saturated heterocycles. The number of nitrogens with zero attached hydrogens (tertiary/aromatic N) is 3. The zero-order chi connectivity index (χ0) is 35.3. The maximum atomic E-state index is 10.9. The topological polar surface area (TPSA) is 380 Å². The molecule has 0 amide bonds. The van der Waals surface area contributed by atoms with Crippen LogP contribution in [-0.2, 0) is 23.7 Å². The Hall–Kier alpha value is -1.71. The van der Waals surface area contributed by atoms with Gasteiger partial charge in [0.25, 0.3) is 0 Å². The van der Waals surface area contributed by atoms with Crippen molar-refractivity contribution in [2.24, 2.45) is 0 Å². The number of hydrogen-bond acceptors (Lipinski definition) is 19. The molecule has 22 heteroatoms. The Morgan fingerprint density at radius 1 is 0.681 bits per heavy atom. The molecule has 0 saturated carbocycles. The van der Waals surface area contributed by atoms with E-state index in [2.05, 4.69) is 5.32 Å². The Balaban J connectivity index is 0.00000192. The zero-order valence-corrected chi connectivity index (χ0v) is 24.9. The predicted molar refractivity (Wildman–Crippen MR) is 148 cm³/mol. The second-order valence-electron chi connectivity index (χ2n) is 11.5. The highest BCUT2D eigenvalue weighted by Gasteiger charge is 2.53. The lowest BCUT2D eigenvalue weighted by Crippen LogP contribution is -2.68. The van der Waals surface area contributed by atoms with E-state index in [0.29, 0.717) is 0 Å². The first-order chi connectivity index (χ1) is 22.2. The molecule has 1 aliphatic carbocycles. The van der Waals surface area contributed by atoms with Gasteiger partial charge in [-0.25, -0.2) is 0 Å². The van der Waals surface area contributed by atoms with Crippen molar-refractivity contribution in [2.75, 3.05) is 19.8 Å². The number of ether oxygens (including phenoxy) is 5. The number of nitrogens with one attached hydrogen (secondary N) is 1. The molecule has 3 heterocycles. The van der Waals surface area contributed by atoms with Gasteiger partial charge < -0.3 is 106 Å². The molecule has 0 radical (unpaired) electrons. The molecular formula is C25H43N4O18-. The van der Waals surface area contributed by atoms with E-state index in [1.165, 1.54) is 17.9 Å². The first-order valence-electron chi connectivity index (χ1n) is 14.5. The average Bonchev–Trinajstić information content (AvgIpc) is 3.05. The second kappa shape index (κ2) is 17.3. The summed E-state index contributed by atoms with van der Waals surface area (Å²) in [5.41, 5.74) is 13.5. The van der Waals surface area contributed by atoms with Crippen LogP contribution in [0.3, 0.4) is 0 Å². The van der Waals surface area contributed by atoms with Crippen LogP contribution in [0.2, 0.25) is 0 Å². The van der Waals surface area contributed by atoms with Gasteiger partial charge in [-0.15, -0.1) is 0 Å². The van der Waals surface area contributed by atoms with Crippen molar-refractivity contribution in [1.29, 1.82) is 0 Å². The van der Waals surface area contributed by atoms with Gasteiger partial charge in [0.2, 0.25) is 0 Å². The monoisotopic (exact) mass is 687 g/mol. The first kappa shape index (κ1) is 39.7. The van der Waals surface area contributed by atoms with Gasteiger partial charge in [0, 0.05) is 0 Å². The predicted octanol–water partition coefficient (Wildman–Crippen LogP) is -7.70. The number of aliphatic hydroxyl groups excluding tert-OH is 13. The second-order valence-corrected chi connectivity index (χ2v) is 11.5. The summed E-state index contributed by atoms with van der Waals surface area (Å²) in [4.78, 5) is 1.50. The van der Waals surface area contributed by atoms with Crippen molar-refractivity contribution in [1.82, 2.24) is 5.32 Å². The maximum Gasteiger partial charge on any atom is 0.187 e. The summed E-state index contributed by atoms with van der Waals surface area (Å²) in [6.07, 6.45) is -26.6. The van der Waals surface area contributed by atoms with E-state index >= 15 is 0 Å². The summed E-state index contributed by atoms with van der Waals surface area (Å²) in [5, 5.41) is 136. The Labute approximate surface area is 266 Å². The summed E-state index contributed by atoms with van der Waals surface area (Å²) in [6.45, 7) is -0.753. The summed E-state index contributed by atoms with van der Waals surface area (Å²) in [5.74, 6) is 0. The van der Waals surface area contributed by atoms with Crippen LogP contribution in [0.1, 0.15) is 6.92 Å². The van der Waals surface area contributed by atoms with Gasteiger partial charge in [-0.05, 0) is 12.5 Å². The average molecular weight is 688 g/mol. The summed E-state index contributed by atoms with van der Waals surface area (Å²) >= 11 is 0. The van der Waals surface area contributed by atoms with Crippen LogP contribution in [0.15, 0.2) is 11.6 Å². The summed E-state index contributed by atoms with van der Waals surface area (Å²) < 4.78 is 27.4. The molecule has 0 aromatic rings. The van der Waals surface area contributed by atoms with Crippen molar-refractivity contribution in [3.05, 3.63) is 27.6 Å². The van der Waals surface area contributed by atoms with Gasteiger partial charge in [0.05, 0.1) is 38.0 Å². The van der Waals surface area contributed by atoms with Crippen LogP contribution in [0.5, 0.6) is 0 Å². The molecule has 0 spiro atoms. The third kappa shape index (κ3) is 8.54. The first-order valence-corrected chi connectivity index (χ1v) is 14.5. The molecule has 0 bridgehead atoms. The molecule has 3 fully saturated rings. The van der Waals surface area contributed by atoms with Crippen molar-refractivity contribution >= 4 is 0 Å². The van der Waals surface area contributed by atoms with E-state index in [-0.39, 0.29) is 5.57 Å². The van der Waals surface area contributed by atoms with E-state index in [4.69, 9.17) is 34.7 Å². The molecule has 0 aromatic heterocycles. The van der Waals surface area contributed by atoms with Crippen LogP contribution in [-0.4, -0.2) is 203 Å². The lowest BCUT2D eigenvalue weighted by atomic mass is 9.86. The zero-order valence-electron chi connectivity index (χ0n) is 24.9. The van der Waals surface area contributed by atoms with Crippen molar-refractivity contribution in [3.63, 3.8) is 0 Å². The largest absolute Gasteiger partial charge is 0.394 e. The van der Waals surface area contributed by atoms with Crippen LogP contribution >= 0.6 is 0 Å². The van der Waals surface area contributed by atoms with Crippen LogP contribution in [0, 0.1) is 0 Å². The fraction of sp³-hybridized carbons (Fsp3) is 0.920. The van der Waals surface area contributed by atoms with E-state index in [1.54, 1.807) is 0 Å². The molecule has 4 aliphatic rings. The molecule has 272 valence electrons. The lowest BCUT2D eigenvalue weighted by Gasteiger charge is -2.48. The van der Waals surface area contributed by atoms with Gasteiger partial charge >= 0.3 is 0 Å². The molecule has 19 atom stereocenters. The third-order valence-corrected chi connectivity index (χ3v) is 8.48. The molecule has 14 N–H and O–H groups in total. The fourth-order valence-electron chi connectivity index (χ4n) is 5.81. The van der Waals surface area contributed by atoms with Gasteiger partial charge in [0.1, 0.15) is 79.4 Å². The number of aliphatic hydroxyl groups is 13. The van der Waals surface area contributed by atoms with Crippen LogP contribution in [0.25, 0.3) is 16.0 Å². The van der Waals surface area contributed by atoms with Crippen LogP contribution in [0.4, 0.5) is 0 Å². The molecule has 0 aromatic carbocycles. The van der Waals surface area contributed by atoms with E-state index in [1.807, 2.05) is 0 Å². The van der Waals surface area contributed by atoms with Gasteiger partial charge in [-0.3, -0.25) is 4.91 Å². The lowest BCUT2D eigenvalue weighted by molar-refractivity contribution is -0.373. The Morgan fingerprint density at radius 2 is 1.17 bits per heavy atom. The van der Waals surface area contributed by atoms with Crippen molar-refractivity contribution in [2.45, 2.75) is 123 Å². The highest BCUT2D eigenvalue weighted by Crippen LogP contribution is 2.32. The highest BCUT2D eigenvalue weighted by atomic mass is 16.7. The normalized spacial score (nSPS) is 48.9. The molecule has 3 aliphatic heterocycles. The Kier molecular flexibility index (Phi) is 14.6. The minimum absolute atomic E-state index is 0.0225. The van der Waals surface area contributed by atoms with Crippen molar-refractivity contribution < 1.29 is 90.1 Å². The summed E-state index contributed by atoms with van der Waals surface area (Å²) in [6, 6.07) is -2.17. The maximum absolute atomic E-state index is 10.9. The SMILES string of the molecule is C[C@H]1O[C@H](O[C@H]2[C@H](O)[C@@H](O)[C@@H](O[C@H]3[C@H](O)[C@@H](O)[C@H](O)O[C@@H]3CO)O[C@@H]2CO)[C@H](O)[C@@H](O)[C@@H]1N[C@H]1C=C(CO)[C@@H](O)[C@H](O)[C@H]1O.[N-]=[N+]=[N-]. The van der Waals surface area contributed by atoms with Gasteiger partial charge in [0.15, 0.2) is 18.9 Å². The highest BCUT2D eigenvalue weighted by molar-refractivity contribution is 5.22. The smallest absolute Gasteiger partial charge is 0.187 e. The van der Waals surface area contributed by atoms with Crippen LogP contribution < -0.4 is 5.32 Å². The molecule has 22 nitrogen and oxygen atoms in total. The minimum Gasteiger partial charge on any atom is -0.394 e. The van der Waals surface area contributed by atoms with E-state index < -0.39 is 136 Å². The van der Waals surface area contributed by atoms with Gasteiger partial charge in [-0.2, -0.15) is 0 Å². The van der Waals surface area contributed by atoms with E-state index in [0.717, 1.165) is 0 Å². The molecular weight excluding hydrogens is 644 g/mol. The fourth-order valence-corrected chi connectivity index (χ4v) is 5.81. The van der Waals surface area contributed by atoms with Crippen molar-refractivity contribution in [3.8, 4) is 0 Å². The molecule has 47 heavy (non-hydrogen) atoms. The Bertz CT molecular complexity index is 1050. The minimum atomic E-state index is -1.93. The third-order valence-electron chi connectivity index (χ3n) is 8.48. The molecule has 4 rings (SSSR count). The van der Waals surface area contributed by atoms with E-state index in [9.17, 15) is 66.4 Å². The number of rotatable bonds is 9. The number of hydrogen-bond donors (Lipinski definition) is 14. The van der Waals surface area contributed by atoms with Gasteiger partial charge in [-0.1, -0.05) is 6.08 Å². The molecule has 0 unspecified atom stereocenters. The standard InChI is InChI=1S/C25H43NO18.N3/c1-6-11(26-8-2-7(3-27)12(30)15(33)13(8)31)14(32)19(37)24(40-6)43-22-10(5-29)42-25(20(38)17(22)35)44-21-9(4-28)41-23(39)18(36)16(21)34;1-3-2/h2,6,8-39H,3-5H2,1H3;/q;-1/t6-,8+,9-,10-,11-,12-,13+,14+,15+,16-,17-,18-,19-,20-,21-,22-,23-,24-,25-;/m1./s1. The quantitative estimate of drug-likeness (QED) is 0.0463. The summed E-state index contributed by atoms with van der Waals surface area (Å²) in [7, 11) is 0. The Morgan fingerprint density at radius 3 is 1.70 bits per heavy atom.